The van der Waals surface area contributed by atoms with Gasteiger partial charge in [0.25, 0.3) is 5.91 Å². The van der Waals surface area contributed by atoms with E-state index in [1.165, 1.54) is 34.6 Å². The van der Waals surface area contributed by atoms with Gasteiger partial charge in [-0.25, -0.2) is 0 Å². The lowest BCUT2D eigenvalue weighted by atomic mass is 9.96. The maximum atomic E-state index is 13.0. The molecule has 0 spiro atoms. The van der Waals surface area contributed by atoms with Crippen LogP contribution in [0, 0.1) is 5.92 Å². The first-order valence-electron chi connectivity index (χ1n) is 10.1. The van der Waals surface area contributed by atoms with E-state index in [0.29, 0.717) is 38.8 Å². The largest absolute Gasteiger partial charge is 0.338 e. The first-order valence-corrected chi connectivity index (χ1v) is 11.9. The molecule has 5 rings (SSSR count). The Morgan fingerprint density at radius 1 is 0.964 bits per heavy atom. The Morgan fingerprint density at radius 3 is 2.46 bits per heavy atom. The molecule has 148 valence electrons. The van der Waals surface area contributed by atoms with Gasteiger partial charge >= 0.3 is 0 Å². The van der Waals surface area contributed by atoms with Crippen LogP contribution in [0.25, 0.3) is 0 Å². The summed E-state index contributed by atoms with van der Waals surface area (Å²) in [7, 11) is 0. The van der Waals surface area contributed by atoms with E-state index < -0.39 is 0 Å². The highest BCUT2D eigenvalue weighted by Crippen LogP contribution is 2.48. The topological polar surface area (TPSA) is 43.9 Å². The number of carbonyl (C=O) groups is 2. The normalized spacial score (nSPS) is 22.9. The summed E-state index contributed by atoms with van der Waals surface area (Å²) in [6, 6.07) is 6.48. The second kappa shape index (κ2) is 7.61. The molecule has 2 fully saturated rings. The lowest BCUT2D eigenvalue weighted by Crippen LogP contribution is -2.53. The van der Waals surface area contributed by atoms with Gasteiger partial charge in [-0.15, -0.1) is 22.7 Å². The summed E-state index contributed by atoms with van der Waals surface area (Å²) in [5, 5.41) is 4.13. The molecule has 5 nitrogen and oxygen atoms in total. The van der Waals surface area contributed by atoms with Gasteiger partial charge in [-0.05, 0) is 53.6 Å². The monoisotopic (exact) mass is 415 g/mol. The second-order valence-electron chi connectivity index (χ2n) is 7.95. The number of rotatable bonds is 4. The minimum Gasteiger partial charge on any atom is -0.338 e. The maximum absolute atomic E-state index is 13.0. The molecule has 4 heterocycles. The zero-order valence-corrected chi connectivity index (χ0v) is 17.5. The number of hydrogen-bond donors (Lipinski definition) is 0. The molecule has 28 heavy (non-hydrogen) atoms. The molecule has 0 N–H and O–H groups in total. The molecule has 0 bridgehead atoms. The van der Waals surface area contributed by atoms with Crippen molar-refractivity contribution in [3.05, 3.63) is 44.3 Å². The van der Waals surface area contributed by atoms with Crippen molar-refractivity contribution >= 4 is 34.5 Å². The number of piperazine rings is 1. The van der Waals surface area contributed by atoms with E-state index in [1.807, 2.05) is 38.6 Å². The zero-order valence-electron chi connectivity index (χ0n) is 15.9. The van der Waals surface area contributed by atoms with Crippen LogP contribution in [0.5, 0.6) is 0 Å². The van der Waals surface area contributed by atoms with Crippen molar-refractivity contribution in [2.24, 2.45) is 5.92 Å². The molecule has 2 aliphatic heterocycles. The molecule has 1 saturated carbocycles. The average Bonchev–Trinajstić information content (AvgIpc) is 3.19. The predicted molar refractivity (Wildman–Crippen MR) is 112 cm³/mol. The van der Waals surface area contributed by atoms with Crippen molar-refractivity contribution in [3.8, 4) is 0 Å². The lowest BCUT2D eigenvalue weighted by molar-refractivity contribution is -0.134. The molecule has 7 heteroatoms. The standard InChI is InChI=1S/C21H25N3O2S2/c25-19(22-8-10-23(11-9-22)21(26)18-2-1-12-27-18)14-24-7-5-17-16(6-13-28-17)20(24)15-3-4-15/h1-2,6,12-13,15,20H,3-5,7-11,14H2/t20-/m1/s1. The number of fused-ring (bicyclic) bond motifs is 1. The molecule has 3 aliphatic rings. The molecule has 1 saturated heterocycles. The van der Waals surface area contributed by atoms with Crippen LogP contribution in [0.2, 0.25) is 0 Å². The minimum atomic E-state index is 0.0944. The van der Waals surface area contributed by atoms with Crippen LogP contribution in [0.3, 0.4) is 0 Å². The van der Waals surface area contributed by atoms with E-state index in [2.05, 4.69) is 16.3 Å². The molecule has 1 aliphatic carbocycles. The highest BCUT2D eigenvalue weighted by molar-refractivity contribution is 7.12. The molecule has 2 aromatic rings. The van der Waals surface area contributed by atoms with Crippen molar-refractivity contribution in [1.29, 1.82) is 0 Å². The third kappa shape index (κ3) is 3.51. The van der Waals surface area contributed by atoms with Crippen molar-refractivity contribution < 1.29 is 9.59 Å². The summed E-state index contributed by atoms with van der Waals surface area (Å²) in [4.78, 5) is 34.0. The van der Waals surface area contributed by atoms with E-state index in [9.17, 15) is 9.59 Å². The van der Waals surface area contributed by atoms with Gasteiger partial charge in [-0.2, -0.15) is 0 Å². The third-order valence-corrected chi connectivity index (χ3v) is 8.03. The van der Waals surface area contributed by atoms with E-state index >= 15 is 0 Å². The Hall–Kier alpha value is -1.70. The summed E-state index contributed by atoms with van der Waals surface area (Å²) < 4.78 is 0. The smallest absolute Gasteiger partial charge is 0.264 e. The van der Waals surface area contributed by atoms with E-state index in [1.54, 1.807) is 0 Å². The maximum Gasteiger partial charge on any atom is 0.264 e. The first-order chi connectivity index (χ1) is 13.7. The van der Waals surface area contributed by atoms with Gasteiger partial charge in [0.1, 0.15) is 0 Å². The Labute approximate surface area is 173 Å². The number of nitrogens with zero attached hydrogens (tertiary/aromatic N) is 3. The summed E-state index contributed by atoms with van der Waals surface area (Å²) >= 11 is 3.35. The van der Waals surface area contributed by atoms with Gasteiger partial charge in [0, 0.05) is 43.6 Å². The Bertz CT molecular complexity index is 851. The molecule has 2 aromatic heterocycles. The molecular formula is C21H25N3O2S2. The van der Waals surface area contributed by atoms with Gasteiger partial charge in [0.05, 0.1) is 11.4 Å². The van der Waals surface area contributed by atoms with Crippen molar-refractivity contribution in [2.45, 2.75) is 25.3 Å². The highest BCUT2D eigenvalue weighted by atomic mass is 32.1. The number of thiophene rings is 2. The fraction of sp³-hybridized carbons (Fsp3) is 0.524. The van der Waals surface area contributed by atoms with Gasteiger partial charge in [0.2, 0.25) is 5.91 Å². The lowest BCUT2D eigenvalue weighted by Gasteiger charge is -2.39. The molecule has 0 aromatic carbocycles. The quantitative estimate of drug-likeness (QED) is 0.771. The van der Waals surface area contributed by atoms with E-state index in [-0.39, 0.29) is 11.8 Å². The SMILES string of the molecule is O=C(CN1CCc2sccc2[C@H]1C1CC1)N1CCN(C(=O)c2cccs2)CC1. The average molecular weight is 416 g/mol. The van der Waals surface area contributed by atoms with Crippen LogP contribution in [-0.2, 0) is 11.2 Å². The van der Waals surface area contributed by atoms with Crippen molar-refractivity contribution in [1.82, 2.24) is 14.7 Å². The van der Waals surface area contributed by atoms with Crippen molar-refractivity contribution in [2.75, 3.05) is 39.3 Å². The van der Waals surface area contributed by atoms with Crippen LogP contribution in [0.4, 0.5) is 0 Å². The van der Waals surface area contributed by atoms with Crippen LogP contribution < -0.4 is 0 Å². The fourth-order valence-corrected chi connectivity index (χ4v) is 6.13. The molecule has 0 unspecified atom stereocenters. The van der Waals surface area contributed by atoms with Crippen LogP contribution in [0.1, 0.15) is 39.0 Å². The Kier molecular flexibility index (Phi) is 4.99. The fourth-order valence-electron chi connectivity index (χ4n) is 4.53. The van der Waals surface area contributed by atoms with Crippen molar-refractivity contribution in [3.63, 3.8) is 0 Å². The summed E-state index contributed by atoms with van der Waals surface area (Å²) in [6.45, 7) is 4.03. The predicted octanol–water partition coefficient (Wildman–Crippen LogP) is 3.10. The summed E-state index contributed by atoms with van der Waals surface area (Å²) in [6.07, 6.45) is 3.63. The van der Waals surface area contributed by atoms with Crippen LogP contribution >= 0.6 is 22.7 Å². The van der Waals surface area contributed by atoms with E-state index in [4.69, 9.17) is 0 Å². The summed E-state index contributed by atoms with van der Waals surface area (Å²) in [5.41, 5.74) is 1.47. The number of carbonyl (C=O) groups excluding carboxylic acids is 2. The minimum absolute atomic E-state index is 0.0944. The zero-order chi connectivity index (χ0) is 19.1. The van der Waals surface area contributed by atoms with Gasteiger partial charge in [-0.3, -0.25) is 14.5 Å². The molecule has 1 atom stereocenters. The third-order valence-electron chi connectivity index (χ3n) is 6.18. The Morgan fingerprint density at radius 2 is 1.75 bits per heavy atom. The second-order valence-corrected chi connectivity index (χ2v) is 9.90. The van der Waals surface area contributed by atoms with Crippen LogP contribution in [-0.4, -0.2) is 65.8 Å². The molecular weight excluding hydrogens is 390 g/mol. The highest BCUT2D eigenvalue weighted by Gasteiger charge is 2.41. The first kappa shape index (κ1) is 18.3. The van der Waals surface area contributed by atoms with Crippen LogP contribution in [0.15, 0.2) is 29.0 Å². The van der Waals surface area contributed by atoms with Gasteiger partial charge in [0.15, 0.2) is 0 Å². The number of hydrogen-bond acceptors (Lipinski definition) is 5. The van der Waals surface area contributed by atoms with Gasteiger partial charge < -0.3 is 9.80 Å². The Balaban J connectivity index is 1.19. The summed E-state index contributed by atoms with van der Waals surface area (Å²) in [5.74, 6) is 1.03. The van der Waals surface area contributed by atoms with Gasteiger partial charge in [-0.1, -0.05) is 6.07 Å². The molecule has 2 amide bonds. The molecule has 0 radical (unpaired) electrons. The number of amides is 2. The van der Waals surface area contributed by atoms with E-state index in [0.717, 1.165) is 23.8 Å².